The second kappa shape index (κ2) is 14.9. The van der Waals surface area contributed by atoms with Crippen molar-refractivity contribution in [1.29, 1.82) is 0 Å². The highest BCUT2D eigenvalue weighted by Crippen LogP contribution is 2.04. The molecule has 2 N–H and O–H groups in total. The van der Waals surface area contributed by atoms with Crippen LogP contribution in [0.5, 0.6) is 0 Å². The first-order valence-corrected chi connectivity index (χ1v) is 8.67. The lowest BCUT2D eigenvalue weighted by Crippen LogP contribution is -3.00. The maximum Gasteiger partial charge on any atom is 0.227 e. The molecule has 6 nitrogen and oxygen atoms in total. The number of halogens is 2. The zero-order chi connectivity index (χ0) is 17.7. The molecule has 2 aromatic heterocycles. The number of unbranched alkanes of at least 4 members (excludes halogenated alkanes) is 4. The van der Waals surface area contributed by atoms with Crippen molar-refractivity contribution < 1.29 is 44.4 Å². The van der Waals surface area contributed by atoms with Crippen LogP contribution in [0.3, 0.4) is 0 Å². The van der Waals surface area contributed by atoms with Crippen molar-refractivity contribution in [3.8, 4) is 0 Å². The van der Waals surface area contributed by atoms with Gasteiger partial charge in [0.25, 0.3) is 0 Å². The van der Waals surface area contributed by atoms with Crippen LogP contribution in [0.4, 0.5) is 0 Å². The van der Waals surface area contributed by atoms with Crippen molar-refractivity contribution in [1.82, 2.24) is 0 Å². The summed E-state index contributed by atoms with van der Waals surface area (Å²) < 4.78 is 4.19. The molecule has 148 valence electrons. The molecule has 0 bridgehead atoms. The van der Waals surface area contributed by atoms with Gasteiger partial charge in [0.1, 0.15) is 25.5 Å². The van der Waals surface area contributed by atoms with Crippen molar-refractivity contribution >= 4 is 12.4 Å². The summed E-state index contributed by atoms with van der Waals surface area (Å²) in [5.74, 6) is 0. The Morgan fingerprint density at radius 3 is 1.48 bits per heavy atom. The summed E-state index contributed by atoms with van der Waals surface area (Å²) in [5.41, 5.74) is 1.81. The van der Waals surface area contributed by atoms with Gasteiger partial charge < -0.3 is 35.2 Å². The Hall–Kier alpha value is -2.18. The second-order valence-electron chi connectivity index (χ2n) is 5.89. The van der Waals surface area contributed by atoms with Crippen LogP contribution in [-0.4, -0.2) is 22.8 Å². The van der Waals surface area contributed by atoms with Gasteiger partial charge in [-0.15, -0.1) is 0 Å². The van der Waals surface area contributed by atoms with Crippen molar-refractivity contribution in [3.05, 3.63) is 60.2 Å². The van der Waals surface area contributed by atoms with Gasteiger partial charge in [0, 0.05) is 37.1 Å². The Bertz CT molecular complexity index is 652. The second-order valence-corrected chi connectivity index (χ2v) is 5.89. The van der Waals surface area contributed by atoms with Gasteiger partial charge >= 0.3 is 0 Å². The molecule has 0 unspecified atom stereocenters. The number of aryl methyl sites for hydroxylation is 2. The van der Waals surface area contributed by atoms with Crippen LogP contribution in [0.1, 0.15) is 43.5 Å². The number of aromatic nitrogens is 2. The lowest BCUT2D eigenvalue weighted by atomic mass is 10.1. The Kier molecular flexibility index (Phi) is 13.7. The van der Waals surface area contributed by atoms with Crippen molar-refractivity contribution in [3.63, 3.8) is 0 Å². The van der Waals surface area contributed by atoms with E-state index >= 15 is 0 Å². The molecule has 0 fully saturated rings. The highest BCUT2D eigenvalue weighted by molar-refractivity contribution is 5.74. The average Bonchev–Trinajstić information content (AvgIpc) is 2.64. The van der Waals surface area contributed by atoms with Gasteiger partial charge in [-0.2, -0.15) is 9.13 Å². The summed E-state index contributed by atoms with van der Waals surface area (Å²) in [5, 5.41) is 23.6. The number of rotatable bonds is 10. The number of hydrogen-bond acceptors (Lipinski definition) is 4. The molecular formula is C19H26Cl2N4O2. The van der Waals surface area contributed by atoms with Gasteiger partial charge in [0.2, 0.25) is 11.4 Å². The van der Waals surface area contributed by atoms with E-state index < -0.39 is 0 Å². The first-order chi connectivity index (χ1) is 12.3. The van der Waals surface area contributed by atoms with E-state index in [1.807, 2.05) is 48.8 Å². The minimum Gasteiger partial charge on any atom is -1.00 e. The van der Waals surface area contributed by atoms with Crippen LogP contribution in [-0.2, 0) is 13.1 Å². The first kappa shape index (κ1) is 24.8. The molecule has 0 spiro atoms. The molecular weight excluding hydrogens is 387 g/mol. The van der Waals surface area contributed by atoms with Gasteiger partial charge in [-0.25, -0.2) is 0 Å². The monoisotopic (exact) mass is 412 g/mol. The van der Waals surface area contributed by atoms with Crippen LogP contribution in [0.15, 0.2) is 59.1 Å². The summed E-state index contributed by atoms with van der Waals surface area (Å²) in [6.45, 7) is 1.85. The normalized spacial score (nSPS) is 10.7. The molecule has 0 amide bonds. The van der Waals surface area contributed by atoms with Gasteiger partial charge in [-0.1, -0.05) is 16.7 Å². The van der Waals surface area contributed by atoms with Crippen LogP contribution in [0, 0.1) is 0 Å². The van der Waals surface area contributed by atoms with Crippen molar-refractivity contribution in [2.45, 2.75) is 45.2 Å². The topological polar surface area (TPSA) is 72.9 Å². The molecule has 0 atom stereocenters. The van der Waals surface area contributed by atoms with E-state index in [0.717, 1.165) is 37.3 Å². The van der Waals surface area contributed by atoms with E-state index in [2.05, 4.69) is 19.4 Å². The molecule has 8 heteroatoms. The minimum absolute atomic E-state index is 0. The fourth-order valence-corrected chi connectivity index (χ4v) is 2.83. The zero-order valence-corrected chi connectivity index (χ0v) is 16.7. The number of hydrogen-bond donors (Lipinski definition) is 2. The molecule has 0 saturated heterocycles. The Morgan fingerprint density at radius 1 is 0.667 bits per heavy atom. The largest absolute Gasteiger partial charge is 1.00 e. The predicted octanol–water partition coefficient (Wildman–Crippen LogP) is -3.46. The summed E-state index contributed by atoms with van der Waals surface area (Å²) in [7, 11) is 0. The predicted molar refractivity (Wildman–Crippen MR) is 95.1 cm³/mol. The molecule has 2 heterocycles. The Balaban J connectivity index is 0.00000338. The summed E-state index contributed by atoms with van der Waals surface area (Å²) >= 11 is 0. The molecule has 0 radical (unpaired) electrons. The number of pyridine rings is 2. The van der Waals surface area contributed by atoms with Gasteiger partial charge in [-0.05, 0) is 25.0 Å². The fourth-order valence-electron chi connectivity index (χ4n) is 2.83. The third kappa shape index (κ3) is 8.84. The van der Waals surface area contributed by atoms with E-state index in [9.17, 15) is 0 Å². The van der Waals surface area contributed by atoms with E-state index in [4.69, 9.17) is 10.4 Å². The van der Waals surface area contributed by atoms with Crippen LogP contribution in [0.2, 0.25) is 0 Å². The third-order valence-corrected chi connectivity index (χ3v) is 4.13. The van der Waals surface area contributed by atoms with Gasteiger partial charge in [0.15, 0.2) is 12.4 Å². The summed E-state index contributed by atoms with van der Waals surface area (Å²) in [6.07, 6.45) is 12.7. The van der Waals surface area contributed by atoms with Crippen molar-refractivity contribution in [2.75, 3.05) is 0 Å². The van der Waals surface area contributed by atoms with Crippen molar-refractivity contribution in [2.24, 2.45) is 10.3 Å². The lowest BCUT2D eigenvalue weighted by Gasteiger charge is -2.02. The van der Waals surface area contributed by atoms with Gasteiger partial charge in [-0.3, -0.25) is 0 Å². The van der Waals surface area contributed by atoms with Crippen LogP contribution >= 0.6 is 0 Å². The molecule has 0 aliphatic heterocycles. The van der Waals surface area contributed by atoms with E-state index in [1.54, 1.807) is 0 Å². The Labute approximate surface area is 172 Å². The average molecular weight is 413 g/mol. The molecule has 0 aliphatic carbocycles. The molecule has 27 heavy (non-hydrogen) atoms. The lowest BCUT2D eigenvalue weighted by molar-refractivity contribution is -0.698. The fraction of sp³-hybridized carbons (Fsp3) is 0.368. The minimum atomic E-state index is 0. The summed E-state index contributed by atoms with van der Waals surface area (Å²) in [6, 6.07) is 11.7. The SMILES string of the molecule is O/N=C\c1cccc[n+]1CCCCCCC[n+]1ccccc1/C=N/O.[Cl-].[Cl-]. The van der Waals surface area contributed by atoms with E-state index in [-0.39, 0.29) is 24.8 Å². The number of oxime groups is 2. The highest BCUT2D eigenvalue weighted by atomic mass is 35.5. The smallest absolute Gasteiger partial charge is 0.227 e. The quantitative estimate of drug-likeness (QED) is 0.140. The first-order valence-electron chi connectivity index (χ1n) is 8.67. The molecule has 0 aliphatic rings. The third-order valence-electron chi connectivity index (χ3n) is 4.13. The maximum absolute atomic E-state index is 8.69. The standard InChI is InChI=1S/C19H24N4O2.2ClH/c24-20-16-18-10-4-8-14-22(18)12-6-2-1-3-7-13-23-15-9-5-11-19(23)17-21-25;;/h4-5,8-11,14-17H,1-3,6-7,12-13H2;2*1H. The summed E-state index contributed by atoms with van der Waals surface area (Å²) in [4.78, 5) is 0. The zero-order valence-electron chi connectivity index (χ0n) is 15.2. The van der Waals surface area contributed by atoms with Crippen LogP contribution < -0.4 is 33.9 Å². The van der Waals surface area contributed by atoms with E-state index in [0.29, 0.717) is 0 Å². The highest BCUT2D eigenvalue weighted by Gasteiger charge is 2.08. The van der Waals surface area contributed by atoms with Gasteiger partial charge in [0.05, 0.1) is 0 Å². The molecule has 2 aromatic rings. The van der Waals surface area contributed by atoms with Crippen LogP contribution in [0.25, 0.3) is 0 Å². The molecule has 0 aromatic carbocycles. The Morgan fingerprint density at radius 2 is 1.07 bits per heavy atom. The molecule has 0 saturated carbocycles. The molecule has 2 rings (SSSR count). The maximum atomic E-state index is 8.69. The van der Waals surface area contributed by atoms with E-state index in [1.165, 1.54) is 31.7 Å². The number of nitrogens with zero attached hydrogens (tertiary/aromatic N) is 4.